The van der Waals surface area contributed by atoms with E-state index >= 15 is 0 Å². The van der Waals surface area contributed by atoms with Gasteiger partial charge in [0, 0.05) is 12.2 Å². The molecule has 1 atom stereocenters. The molecule has 0 aliphatic rings. The van der Waals surface area contributed by atoms with Gasteiger partial charge >= 0.3 is 0 Å². The van der Waals surface area contributed by atoms with Crippen molar-refractivity contribution in [2.75, 3.05) is 0 Å². The number of aromatic nitrogens is 2. The Morgan fingerprint density at radius 3 is 2.50 bits per heavy atom. The van der Waals surface area contributed by atoms with Crippen molar-refractivity contribution in [1.29, 1.82) is 0 Å². The Morgan fingerprint density at radius 2 is 2.10 bits per heavy atom. The van der Waals surface area contributed by atoms with Gasteiger partial charge in [-0.15, -0.1) is 0 Å². The lowest BCUT2D eigenvalue weighted by atomic mass is 10.3. The lowest BCUT2D eigenvalue weighted by molar-refractivity contribution is 0.769. The number of hydrogen-bond acceptors (Lipinski definition) is 3. The van der Waals surface area contributed by atoms with E-state index in [1.54, 1.807) is 12.4 Å². The molecule has 0 saturated heterocycles. The number of aryl methyl sites for hydroxylation is 1. The summed E-state index contributed by atoms with van der Waals surface area (Å²) in [5.41, 5.74) is 7.32. The molecule has 0 aliphatic heterocycles. The molecule has 1 heterocycles. The van der Waals surface area contributed by atoms with Crippen molar-refractivity contribution in [2.45, 2.75) is 19.9 Å². The van der Waals surface area contributed by atoms with Gasteiger partial charge in [0.05, 0.1) is 17.6 Å². The second-order valence-electron chi connectivity index (χ2n) is 2.37. The molecule has 0 saturated carbocycles. The number of nitrogens with zero attached hydrogens (tertiary/aromatic N) is 2. The summed E-state index contributed by atoms with van der Waals surface area (Å²) in [7, 11) is 0. The van der Waals surface area contributed by atoms with Crippen molar-refractivity contribution < 1.29 is 0 Å². The number of nitrogens with two attached hydrogens (primary N) is 1. The van der Waals surface area contributed by atoms with Gasteiger partial charge in [-0.05, 0) is 13.8 Å². The van der Waals surface area contributed by atoms with Gasteiger partial charge in [-0.3, -0.25) is 9.97 Å². The van der Waals surface area contributed by atoms with E-state index in [4.69, 9.17) is 5.73 Å². The summed E-state index contributed by atoms with van der Waals surface area (Å²) in [6.45, 7) is 3.79. The van der Waals surface area contributed by atoms with Gasteiger partial charge in [0.15, 0.2) is 0 Å². The first-order chi connectivity index (χ1) is 4.70. The van der Waals surface area contributed by atoms with Crippen LogP contribution < -0.4 is 5.73 Å². The van der Waals surface area contributed by atoms with Crippen LogP contribution in [-0.4, -0.2) is 9.97 Å². The van der Waals surface area contributed by atoms with E-state index in [1.165, 1.54) is 0 Å². The van der Waals surface area contributed by atoms with E-state index in [2.05, 4.69) is 9.97 Å². The Hall–Kier alpha value is -0.960. The Kier molecular flexibility index (Phi) is 1.97. The fraction of sp³-hybridized carbons (Fsp3) is 0.429. The molecule has 3 heteroatoms. The van der Waals surface area contributed by atoms with Crippen LogP contribution in [0.3, 0.4) is 0 Å². The topological polar surface area (TPSA) is 51.8 Å². The van der Waals surface area contributed by atoms with Gasteiger partial charge in [-0.2, -0.15) is 0 Å². The van der Waals surface area contributed by atoms with Crippen molar-refractivity contribution in [3.8, 4) is 0 Å². The second-order valence-corrected chi connectivity index (χ2v) is 2.37. The number of hydrogen-bond donors (Lipinski definition) is 1. The monoisotopic (exact) mass is 137 g/mol. The Balaban J connectivity index is 2.89. The molecule has 0 amide bonds. The smallest absolute Gasteiger partial charge is 0.0751 e. The van der Waals surface area contributed by atoms with Gasteiger partial charge in [-0.25, -0.2) is 0 Å². The minimum Gasteiger partial charge on any atom is -0.323 e. The first-order valence-electron chi connectivity index (χ1n) is 3.24. The highest BCUT2D eigenvalue weighted by Gasteiger charge is 1.98. The normalized spacial score (nSPS) is 13.1. The summed E-state index contributed by atoms with van der Waals surface area (Å²) in [4.78, 5) is 8.15. The van der Waals surface area contributed by atoms with Crippen molar-refractivity contribution >= 4 is 0 Å². The lowest BCUT2D eigenvalue weighted by Crippen LogP contribution is -2.07. The van der Waals surface area contributed by atoms with Gasteiger partial charge in [0.25, 0.3) is 0 Å². The predicted molar refractivity (Wildman–Crippen MR) is 39.4 cm³/mol. The van der Waals surface area contributed by atoms with Crippen LogP contribution in [0.5, 0.6) is 0 Å². The van der Waals surface area contributed by atoms with Crippen molar-refractivity contribution in [1.82, 2.24) is 9.97 Å². The van der Waals surface area contributed by atoms with Crippen molar-refractivity contribution in [2.24, 2.45) is 5.73 Å². The van der Waals surface area contributed by atoms with E-state index in [0.29, 0.717) is 0 Å². The van der Waals surface area contributed by atoms with Crippen LogP contribution in [0.15, 0.2) is 12.4 Å². The van der Waals surface area contributed by atoms with Gasteiger partial charge in [-0.1, -0.05) is 0 Å². The van der Waals surface area contributed by atoms with Gasteiger partial charge in [0.2, 0.25) is 0 Å². The molecule has 0 fully saturated rings. The molecule has 1 aromatic heterocycles. The van der Waals surface area contributed by atoms with E-state index in [0.717, 1.165) is 11.4 Å². The standard InChI is InChI=1S/C7H11N3/c1-5-3-10-7(4-9-5)6(2)8/h3-4,6H,8H2,1-2H3/t6-/m0/s1. The third-order valence-electron chi connectivity index (χ3n) is 1.27. The molecule has 0 aromatic carbocycles. The SMILES string of the molecule is Cc1cnc([C@H](C)N)cn1. The summed E-state index contributed by atoms with van der Waals surface area (Å²) in [5, 5.41) is 0. The van der Waals surface area contributed by atoms with E-state index in [9.17, 15) is 0 Å². The molecular weight excluding hydrogens is 126 g/mol. The molecule has 0 spiro atoms. The summed E-state index contributed by atoms with van der Waals surface area (Å²) < 4.78 is 0. The minimum absolute atomic E-state index is 0.0203. The fourth-order valence-corrected chi connectivity index (χ4v) is 0.638. The fourth-order valence-electron chi connectivity index (χ4n) is 0.638. The van der Waals surface area contributed by atoms with E-state index < -0.39 is 0 Å². The van der Waals surface area contributed by atoms with Gasteiger partial charge < -0.3 is 5.73 Å². The summed E-state index contributed by atoms with van der Waals surface area (Å²) in [6.07, 6.45) is 3.43. The molecule has 54 valence electrons. The zero-order valence-corrected chi connectivity index (χ0v) is 6.20. The summed E-state index contributed by atoms with van der Waals surface area (Å²) in [6, 6.07) is -0.0203. The maximum atomic E-state index is 5.56. The van der Waals surface area contributed by atoms with Crippen molar-refractivity contribution in [3.63, 3.8) is 0 Å². The molecular formula is C7H11N3. The Morgan fingerprint density at radius 1 is 1.40 bits per heavy atom. The molecule has 0 unspecified atom stereocenters. The lowest BCUT2D eigenvalue weighted by Gasteiger charge is -2.01. The average Bonchev–Trinajstić information content (AvgIpc) is 1.88. The zero-order valence-electron chi connectivity index (χ0n) is 6.20. The zero-order chi connectivity index (χ0) is 7.56. The molecule has 0 bridgehead atoms. The van der Waals surface area contributed by atoms with Crippen LogP contribution >= 0.6 is 0 Å². The molecule has 3 nitrogen and oxygen atoms in total. The van der Waals surface area contributed by atoms with Crippen LogP contribution in [0, 0.1) is 6.92 Å². The summed E-state index contributed by atoms with van der Waals surface area (Å²) >= 11 is 0. The van der Waals surface area contributed by atoms with Crippen LogP contribution in [0.25, 0.3) is 0 Å². The van der Waals surface area contributed by atoms with Crippen molar-refractivity contribution in [3.05, 3.63) is 23.8 Å². The first-order valence-corrected chi connectivity index (χ1v) is 3.24. The van der Waals surface area contributed by atoms with Crippen LogP contribution in [0.1, 0.15) is 24.4 Å². The first kappa shape index (κ1) is 7.15. The highest BCUT2D eigenvalue weighted by atomic mass is 14.8. The molecule has 1 aromatic rings. The van der Waals surface area contributed by atoms with Crippen LogP contribution in [0.2, 0.25) is 0 Å². The maximum Gasteiger partial charge on any atom is 0.0751 e. The number of rotatable bonds is 1. The average molecular weight is 137 g/mol. The minimum atomic E-state index is -0.0203. The largest absolute Gasteiger partial charge is 0.323 e. The van der Waals surface area contributed by atoms with E-state index in [-0.39, 0.29) is 6.04 Å². The van der Waals surface area contributed by atoms with Crippen LogP contribution in [0.4, 0.5) is 0 Å². The third-order valence-corrected chi connectivity index (χ3v) is 1.27. The van der Waals surface area contributed by atoms with Gasteiger partial charge in [0.1, 0.15) is 0 Å². The van der Waals surface area contributed by atoms with Crippen LogP contribution in [-0.2, 0) is 0 Å². The Bertz CT molecular complexity index is 203. The molecule has 0 aliphatic carbocycles. The highest BCUT2D eigenvalue weighted by Crippen LogP contribution is 2.02. The quantitative estimate of drug-likeness (QED) is 0.623. The Labute approximate surface area is 60.3 Å². The maximum absolute atomic E-state index is 5.56. The molecule has 0 radical (unpaired) electrons. The molecule has 10 heavy (non-hydrogen) atoms. The molecule has 1 rings (SSSR count). The summed E-state index contributed by atoms with van der Waals surface area (Å²) in [5.74, 6) is 0. The van der Waals surface area contributed by atoms with E-state index in [1.807, 2.05) is 13.8 Å². The predicted octanol–water partition coefficient (Wildman–Crippen LogP) is 0.805. The molecule has 2 N–H and O–H groups in total. The highest BCUT2D eigenvalue weighted by molar-refractivity contribution is 5.03. The third kappa shape index (κ3) is 1.51. The second kappa shape index (κ2) is 2.75.